The van der Waals surface area contributed by atoms with Crippen molar-refractivity contribution in [3.8, 4) is 0 Å². The lowest BCUT2D eigenvalue weighted by Crippen LogP contribution is -2.51. The zero-order valence-electron chi connectivity index (χ0n) is 25.6. The third kappa shape index (κ3) is 3.65. The molecule has 4 aliphatic carbocycles. The van der Waals surface area contributed by atoms with Crippen molar-refractivity contribution in [2.45, 2.75) is 111 Å². The topological polar surface area (TPSA) is 40.5 Å². The minimum atomic E-state index is -2.94. The molecule has 0 aromatic carbocycles. The summed E-state index contributed by atoms with van der Waals surface area (Å²) in [6, 6.07) is 0. The van der Waals surface area contributed by atoms with Crippen LogP contribution in [0, 0.1) is 46.3 Å². The predicted octanol–water partition coefficient (Wildman–Crippen LogP) is 6.36. The van der Waals surface area contributed by atoms with Gasteiger partial charge in [0.15, 0.2) is 0 Å². The highest BCUT2D eigenvalue weighted by atomic mass is 16.3. The van der Waals surface area contributed by atoms with E-state index in [0.29, 0.717) is 23.7 Å². The number of allylic oxidation sites excluding steroid dienone is 1. The molecular formula is C27H46O2. The molecule has 0 bridgehead atoms. The monoisotopic (exact) mass is 409 g/mol. The summed E-state index contributed by atoms with van der Waals surface area (Å²) in [4.78, 5) is 0. The fourth-order valence-electron chi connectivity index (χ4n) is 8.37. The van der Waals surface area contributed by atoms with E-state index in [1.165, 1.54) is 5.57 Å². The average Bonchev–Trinajstić information content (AvgIpc) is 3.12. The minimum absolute atomic E-state index is 0.0112. The standard InChI is InChI=1S/C27H46O2/c1-17(2)6-11-25(29)18(3)22-9-10-23-21-8-7-19-16-20(28)12-14-26(19,4)24(21)13-15-27(22,23)5/h7,17-18,20-25,28-29H,6,8-16H2,1-5H3/t18-,20-,21-,22+,23-,24-,25+,26-,27+/m0/s1/i1D3,2D3,17D. The lowest BCUT2D eigenvalue weighted by atomic mass is 9.47. The Labute approximate surface area is 189 Å². The molecule has 0 heterocycles. The fourth-order valence-corrected chi connectivity index (χ4v) is 8.37. The molecule has 0 aromatic heterocycles. The SMILES string of the molecule is [2H]C([2H])([2H])C([2H])(CC[C@@H](O)[C@@H](C)[C@H]1CC[C@H]2[C@@H]3CC=C4C[C@@H](O)CC[C@]4(C)[C@H]3CC[C@]12C)C([2H])([2H])[2H]. The first-order valence-corrected chi connectivity index (χ1v) is 12.0. The maximum atomic E-state index is 11.1. The quantitative estimate of drug-likeness (QED) is 0.519. The number of aliphatic hydroxyl groups is 2. The van der Waals surface area contributed by atoms with Crippen LogP contribution >= 0.6 is 0 Å². The van der Waals surface area contributed by atoms with Crippen LogP contribution in [0.4, 0.5) is 0 Å². The van der Waals surface area contributed by atoms with E-state index in [0.717, 1.165) is 51.4 Å². The van der Waals surface area contributed by atoms with Crippen LogP contribution in [0.3, 0.4) is 0 Å². The molecule has 3 saturated carbocycles. The number of fused-ring (bicyclic) bond motifs is 5. The third-order valence-electron chi connectivity index (χ3n) is 10.1. The number of hydrogen-bond acceptors (Lipinski definition) is 2. The Balaban J connectivity index is 1.48. The van der Waals surface area contributed by atoms with Crippen LogP contribution in [0.5, 0.6) is 0 Å². The summed E-state index contributed by atoms with van der Waals surface area (Å²) in [7, 11) is 0. The van der Waals surface area contributed by atoms with E-state index in [4.69, 9.17) is 9.60 Å². The van der Waals surface area contributed by atoms with Crippen LogP contribution in [0.1, 0.15) is 108 Å². The minimum Gasteiger partial charge on any atom is -0.393 e. The van der Waals surface area contributed by atoms with Gasteiger partial charge in [-0.15, -0.1) is 0 Å². The predicted molar refractivity (Wildman–Crippen MR) is 120 cm³/mol. The van der Waals surface area contributed by atoms with Crippen molar-refractivity contribution < 1.29 is 19.8 Å². The van der Waals surface area contributed by atoms with Gasteiger partial charge in [-0.05, 0) is 111 Å². The van der Waals surface area contributed by atoms with E-state index >= 15 is 0 Å². The first kappa shape index (κ1) is 14.7. The summed E-state index contributed by atoms with van der Waals surface area (Å²) in [5, 5.41) is 21.4. The zero-order valence-corrected chi connectivity index (χ0v) is 18.6. The fraction of sp³-hybridized carbons (Fsp3) is 0.926. The Morgan fingerprint density at radius 2 is 1.93 bits per heavy atom. The molecule has 0 aliphatic heterocycles. The summed E-state index contributed by atoms with van der Waals surface area (Å²) in [6.07, 6.45) is 9.30. The van der Waals surface area contributed by atoms with Gasteiger partial charge in [0, 0.05) is 9.60 Å². The summed E-state index contributed by atoms with van der Waals surface area (Å²) in [6.45, 7) is 0.964. The summed E-state index contributed by atoms with van der Waals surface area (Å²) >= 11 is 0. The Kier molecular flexibility index (Phi) is 4.03. The molecule has 0 unspecified atom stereocenters. The molecule has 29 heavy (non-hydrogen) atoms. The van der Waals surface area contributed by atoms with Gasteiger partial charge in [-0.3, -0.25) is 0 Å². The van der Waals surface area contributed by atoms with Gasteiger partial charge < -0.3 is 10.2 Å². The molecule has 2 N–H and O–H groups in total. The van der Waals surface area contributed by atoms with E-state index in [-0.39, 0.29) is 35.7 Å². The van der Waals surface area contributed by atoms with Crippen molar-refractivity contribution in [1.82, 2.24) is 0 Å². The summed E-state index contributed by atoms with van der Waals surface area (Å²) in [5.41, 5.74) is 1.75. The van der Waals surface area contributed by atoms with Gasteiger partial charge in [0.1, 0.15) is 0 Å². The number of hydrogen-bond donors (Lipinski definition) is 2. The molecule has 0 amide bonds. The van der Waals surface area contributed by atoms with Gasteiger partial charge in [-0.2, -0.15) is 0 Å². The van der Waals surface area contributed by atoms with Crippen LogP contribution in [-0.4, -0.2) is 22.4 Å². The van der Waals surface area contributed by atoms with Crippen LogP contribution in [0.2, 0.25) is 0 Å². The molecule has 0 aromatic rings. The lowest BCUT2D eigenvalue weighted by molar-refractivity contribution is -0.0681. The molecule has 4 aliphatic rings. The molecule has 4 rings (SSSR count). The first-order valence-electron chi connectivity index (χ1n) is 15.5. The van der Waals surface area contributed by atoms with Crippen LogP contribution in [0.25, 0.3) is 0 Å². The Bertz CT molecular complexity index is 838. The van der Waals surface area contributed by atoms with Crippen molar-refractivity contribution in [3.63, 3.8) is 0 Å². The molecule has 0 spiro atoms. The van der Waals surface area contributed by atoms with Gasteiger partial charge in [0.25, 0.3) is 0 Å². The lowest BCUT2D eigenvalue weighted by Gasteiger charge is -2.58. The second-order valence-electron chi connectivity index (χ2n) is 11.3. The maximum Gasteiger partial charge on any atom is 0.0577 e. The first-order chi connectivity index (χ1) is 16.5. The largest absolute Gasteiger partial charge is 0.393 e. The van der Waals surface area contributed by atoms with E-state index < -0.39 is 25.7 Å². The normalized spacial score (nSPS) is 51.3. The molecule has 3 fully saturated rings. The van der Waals surface area contributed by atoms with Gasteiger partial charge in [0.05, 0.1) is 12.2 Å². The van der Waals surface area contributed by atoms with Crippen molar-refractivity contribution in [2.24, 2.45) is 46.3 Å². The van der Waals surface area contributed by atoms with E-state index in [2.05, 4.69) is 19.9 Å². The highest BCUT2D eigenvalue weighted by Crippen LogP contribution is 2.67. The molecule has 2 nitrogen and oxygen atoms in total. The third-order valence-corrected chi connectivity index (χ3v) is 10.1. The maximum absolute atomic E-state index is 11.1. The van der Waals surface area contributed by atoms with Crippen LogP contribution < -0.4 is 0 Å². The van der Waals surface area contributed by atoms with Crippen molar-refractivity contribution in [2.75, 3.05) is 0 Å². The molecule has 0 saturated heterocycles. The van der Waals surface area contributed by atoms with Crippen molar-refractivity contribution >= 4 is 0 Å². The highest BCUT2D eigenvalue weighted by molar-refractivity contribution is 5.25. The Morgan fingerprint density at radius 1 is 1.14 bits per heavy atom. The van der Waals surface area contributed by atoms with Crippen LogP contribution in [0.15, 0.2) is 11.6 Å². The van der Waals surface area contributed by atoms with E-state index in [1.807, 2.05) is 6.92 Å². The van der Waals surface area contributed by atoms with Gasteiger partial charge >= 0.3 is 0 Å². The number of aliphatic hydroxyl groups excluding tert-OH is 2. The van der Waals surface area contributed by atoms with Crippen LogP contribution in [-0.2, 0) is 0 Å². The summed E-state index contributed by atoms with van der Waals surface area (Å²) < 4.78 is 54.4. The second kappa shape index (κ2) is 7.97. The summed E-state index contributed by atoms with van der Waals surface area (Å²) in [5.74, 6) is -0.513. The van der Waals surface area contributed by atoms with Gasteiger partial charge in [0.2, 0.25) is 0 Å². The van der Waals surface area contributed by atoms with Gasteiger partial charge in [-0.1, -0.05) is 46.1 Å². The van der Waals surface area contributed by atoms with E-state index in [1.54, 1.807) is 0 Å². The average molecular weight is 410 g/mol. The molecule has 0 radical (unpaired) electrons. The molecular weight excluding hydrogens is 356 g/mol. The molecule has 2 heteroatoms. The van der Waals surface area contributed by atoms with Crippen molar-refractivity contribution in [1.29, 1.82) is 0 Å². The Morgan fingerprint density at radius 3 is 2.69 bits per heavy atom. The molecule has 166 valence electrons. The van der Waals surface area contributed by atoms with Gasteiger partial charge in [-0.25, -0.2) is 0 Å². The Hall–Kier alpha value is -0.340. The smallest absolute Gasteiger partial charge is 0.0577 e. The van der Waals surface area contributed by atoms with Crippen molar-refractivity contribution in [3.05, 3.63) is 11.6 Å². The number of rotatable bonds is 5. The second-order valence-corrected chi connectivity index (χ2v) is 11.3. The van der Waals surface area contributed by atoms with E-state index in [9.17, 15) is 10.2 Å². The highest BCUT2D eigenvalue weighted by Gasteiger charge is 2.59. The molecule has 9 atom stereocenters. The zero-order chi connectivity index (χ0) is 26.9.